The molecule has 0 bridgehead atoms. The molecular weight excluding hydrogens is 484 g/mol. The van der Waals surface area contributed by atoms with Crippen LogP contribution >= 0.6 is 0 Å². The lowest BCUT2D eigenvalue weighted by molar-refractivity contribution is 0.0870. The summed E-state index contributed by atoms with van der Waals surface area (Å²) in [7, 11) is 0. The molecule has 0 radical (unpaired) electrons. The first-order chi connectivity index (χ1) is 18.6. The van der Waals surface area contributed by atoms with E-state index in [1.165, 1.54) is 0 Å². The van der Waals surface area contributed by atoms with E-state index in [2.05, 4.69) is 20.6 Å². The zero-order chi connectivity index (χ0) is 26.2. The van der Waals surface area contributed by atoms with Crippen molar-refractivity contribution in [3.63, 3.8) is 0 Å². The van der Waals surface area contributed by atoms with E-state index in [1.807, 2.05) is 60.7 Å². The Hall–Kier alpha value is -4.54. The molecule has 0 aliphatic carbocycles. The number of aromatic nitrogens is 6. The van der Waals surface area contributed by atoms with E-state index >= 15 is 0 Å². The molecule has 0 spiro atoms. The highest BCUT2D eigenvalue weighted by Gasteiger charge is 2.12. The fraction of sp³-hybridized carbons (Fsp3) is 0.214. The average molecular weight is 513 g/mol. The van der Waals surface area contributed by atoms with E-state index in [-0.39, 0.29) is 26.3 Å². The summed E-state index contributed by atoms with van der Waals surface area (Å²) in [6.45, 7) is 0.722. The molecule has 3 aromatic carbocycles. The highest BCUT2D eigenvalue weighted by Crippen LogP contribution is 2.19. The number of rotatable bonds is 12. The minimum Gasteiger partial charge on any atom is -0.491 e. The van der Waals surface area contributed by atoms with Crippen molar-refractivity contribution < 1.29 is 19.7 Å². The molecule has 0 saturated heterocycles. The third kappa shape index (κ3) is 6.81. The lowest BCUT2D eigenvalue weighted by Crippen LogP contribution is -2.24. The van der Waals surface area contributed by atoms with Gasteiger partial charge in [0.05, 0.1) is 25.5 Å². The summed E-state index contributed by atoms with van der Waals surface area (Å²) in [5.74, 6) is 1.19. The molecule has 10 heteroatoms. The maximum atomic E-state index is 10.4. The SMILES string of the molecule is O[C@H](COc1ccc(OC[C@@H](O)Cn2cc(-c3ccccc3)nn2)cc1)Cn1cc(-c2ccccc2)nn1. The number of hydrogen-bond donors (Lipinski definition) is 2. The lowest BCUT2D eigenvalue weighted by Gasteiger charge is -2.14. The van der Waals surface area contributed by atoms with Crippen molar-refractivity contribution >= 4 is 0 Å². The monoisotopic (exact) mass is 512 g/mol. The van der Waals surface area contributed by atoms with Gasteiger partial charge in [0.2, 0.25) is 0 Å². The quantitative estimate of drug-likeness (QED) is 0.262. The van der Waals surface area contributed by atoms with Gasteiger partial charge in [-0.05, 0) is 24.3 Å². The lowest BCUT2D eigenvalue weighted by atomic mass is 10.2. The fourth-order valence-electron chi connectivity index (χ4n) is 3.81. The van der Waals surface area contributed by atoms with Crippen molar-refractivity contribution in [2.45, 2.75) is 25.3 Å². The van der Waals surface area contributed by atoms with Gasteiger partial charge in [0, 0.05) is 11.1 Å². The first-order valence-electron chi connectivity index (χ1n) is 12.3. The number of ether oxygens (including phenoxy) is 2. The van der Waals surface area contributed by atoms with Crippen molar-refractivity contribution in [2.24, 2.45) is 0 Å². The second-order valence-corrected chi connectivity index (χ2v) is 8.78. The predicted octanol–water partition coefficient (Wildman–Crippen LogP) is 3.08. The normalized spacial score (nSPS) is 12.7. The highest BCUT2D eigenvalue weighted by molar-refractivity contribution is 5.57. The summed E-state index contributed by atoms with van der Waals surface area (Å²) in [6, 6.07) is 26.5. The Morgan fingerprint density at radius 2 is 0.974 bits per heavy atom. The topological polar surface area (TPSA) is 120 Å². The first kappa shape index (κ1) is 25.1. The van der Waals surface area contributed by atoms with Gasteiger partial charge in [0.15, 0.2) is 0 Å². The van der Waals surface area contributed by atoms with Crippen molar-refractivity contribution in [1.82, 2.24) is 30.0 Å². The van der Waals surface area contributed by atoms with E-state index in [0.717, 1.165) is 22.5 Å². The average Bonchev–Trinajstić information content (AvgIpc) is 3.62. The Bertz CT molecular complexity index is 1300. The number of nitrogens with zero attached hydrogens (tertiary/aromatic N) is 6. The van der Waals surface area contributed by atoms with Crippen molar-refractivity contribution in [3.05, 3.63) is 97.3 Å². The molecule has 38 heavy (non-hydrogen) atoms. The summed E-state index contributed by atoms with van der Waals surface area (Å²) < 4.78 is 14.6. The van der Waals surface area contributed by atoms with Gasteiger partial charge in [-0.25, -0.2) is 9.36 Å². The molecule has 2 N–H and O–H groups in total. The molecule has 5 rings (SSSR count). The molecule has 10 nitrogen and oxygen atoms in total. The Morgan fingerprint density at radius 1 is 0.579 bits per heavy atom. The maximum absolute atomic E-state index is 10.4. The molecule has 0 aliphatic rings. The molecule has 0 saturated carbocycles. The molecule has 0 fully saturated rings. The van der Waals surface area contributed by atoms with E-state index in [0.29, 0.717) is 11.5 Å². The molecule has 0 amide bonds. The van der Waals surface area contributed by atoms with Gasteiger partial charge < -0.3 is 19.7 Å². The van der Waals surface area contributed by atoms with Gasteiger partial charge in [-0.3, -0.25) is 0 Å². The molecule has 5 aromatic rings. The Balaban J connectivity index is 1.04. The van der Waals surface area contributed by atoms with Crippen LogP contribution in [0.2, 0.25) is 0 Å². The van der Waals surface area contributed by atoms with Crippen LogP contribution in [-0.4, -0.2) is 65.6 Å². The second kappa shape index (κ2) is 12.1. The summed E-state index contributed by atoms with van der Waals surface area (Å²) >= 11 is 0. The van der Waals surface area contributed by atoms with E-state index in [9.17, 15) is 10.2 Å². The molecule has 2 atom stereocenters. The smallest absolute Gasteiger partial charge is 0.119 e. The van der Waals surface area contributed by atoms with Crippen LogP contribution < -0.4 is 9.47 Å². The Kier molecular flexibility index (Phi) is 8.02. The Labute approximate surface area is 219 Å². The summed E-state index contributed by atoms with van der Waals surface area (Å²) in [4.78, 5) is 0. The van der Waals surface area contributed by atoms with E-state index in [1.54, 1.807) is 46.0 Å². The standard InChI is InChI=1S/C28H28N6O4/c35-23(15-33-17-27(29-31-33)21-7-3-1-4-8-21)19-37-25-11-13-26(14-12-25)38-20-24(36)16-34-18-28(30-32-34)22-9-5-2-6-10-22/h1-14,17-18,23-24,35-36H,15-16,19-20H2/t23-,24-/m0/s1. The van der Waals surface area contributed by atoms with Crippen molar-refractivity contribution in [3.8, 4) is 34.0 Å². The van der Waals surface area contributed by atoms with Crippen LogP contribution in [0.15, 0.2) is 97.3 Å². The van der Waals surface area contributed by atoms with E-state index in [4.69, 9.17) is 9.47 Å². The third-order valence-corrected chi connectivity index (χ3v) is 5.72. The van der Waals surface area contributed by atoms with Crippen LogP contribution in [0.5, 0.6) is 11.5 Å². The van der Waals surface area contributed by atoms with Gasteiger partial charge in [0.1, 0.15) is 48.3 Å². The van der Waals surface area contributed by atoms with Crippen LogP contribution in [0.4, 0.5) is 0 Å². The predicted molar refractivity (Wildman–Crippen MR) is 140 cm³/mol. The zero-order valence-electron chi connectivity index (χ0n) is 20.6. The fourth-order valence-corrected chi connectivity index (χ4v) is 3.81. The second-order valence-electron chi connectivity index (χ2n) is 8.78. The molecule has 2 aromatic heterocycles. The van der Waals surface area contributed by atoms with Crippen LogP contribution in [0.1, 0.15) is 0 Å². The Morgan fingerprint density at radius 3 is 1.37 bits per heavy atom. The van der Waals surface area contributed by atoms with Gasteiger partial charge >= 0.3 is 0 Å². The molecule has 0 unspecified atom stereocenters. The third-order valence-electron chi connectivity index (χ3n) is 5.72. The minimum absolute atomic E-state index is 0.0995. The summed E-state index contributed by atoms with van der Waals surface area (Å²) in [5, 5.41) is 37.2. The van der Waals surface area contributed by atoms with Gasteiger partial charge in [-0.2, -0.15) is 0 Å². The zero-order valence-corrected chi connectivity index (χ0v) is 20.6. The first-order valence-corrected chi connectivity index (χ1v) is 12.3. The molecule has 0 aliphatic heterocycles. The van der Waals surface area contributed by atoms with Crippen molar-refractivity contribution in [2.75, 3.05) is 13.2 Å². The van der Waals surface area contributed by atoms with Crippen molar-refractivity contribution in [1.29, 1.82) is 0 Å². The molecule has 194 valence electrons. The number of aliphatic hydroxyl groups is 2. The summed E-state index contributed by atoms with van der Waals surface area (Å²) in [6.07, 6.45) is 2.07. The van der Waals surface area contributed by atoms with Gasteiger partial charge in [-0.1, -0.05) is 71.1 Å². The number of hydrogen-bond acceptors (Lipinski definition) is 8. The maximum Gasteiger partial charge on any atom is 0.119 e. The van der Waals surface area contributed by atoms with Crippen LogP contribution in [-0.2, 0) is 13.1 Å². The number of benzene rings is 3. The van der Waals surface area contributed by atoms with Crippen LogP contribution in [0, 0.1) is 0 Å². The highest BCUT2D eigenvalue weighted by atomic mass is 16.5. The van der Waals surface area contributed by atoms with Crippen LogP contribution in [0.25, 0.3) is 22.5 Å². The van der Waals surface area contributed by atoms with Gasteiger partial charge in [0.25, 0.3) is 0 Å². The summed E-state index contributed by atoms with van der Waals surface area (Å²) in [5.41, 5.74) is 3.43. The largest absolute Gasteiger partial charge is 0.491 e. The molecule has 2 heterocycles. The van der Waals surface area contributed by atoms with Crippen LogP contribution in [0.3, 0.4) is 0 Å². The minimum atomic E-state index is -0.759. The molecular formula is C28H28N6O4. The number of aliphatic hydroxyl groups excluding tert-OH is 2. The van der Waals surface area contributed by atoms with E-state index < -0.39 is 12.2 Å². The van der Waals surface area contributed by atoms with Gasteiger partial charge in [-0.15, -0.1) is 10.2 Å².